The van der Waals surface area contributed by atoms with Gasteiger partial charge in [-0.15, -0.1) is 0 Å². The molecule has 0 amide bonds. The predicted molar refractivity (Wildman–Crippen MR) is 128 cm³/mol. The third-order valence-corrected chi connectivity index (χ3v) is 12.6. The summed E-state index contributed by atoms with van der Waals surface area (Å²) in [6.45, 7) is 11.9. The Balaban J connectivity index is 1.56. The minimum Gasteiger partial charge on any atom is -0.386 e. The fourth-order valence-corrected chi connectivity index (χ4v) is 12.3. The number of aromatic nitrogens is 2. The van der Waals surface area contributed by atoms with Gasteiger partial charge in [-0.1, -0.05) is 30.5 Å². The van der Waals surface area contributed by atoms with Crippen molar-refractivity contribution in [3.05, 3.63) is 44.8 Å². The summed E-state index contributed by atoms with van der Waals surface area (Å²) in [6.07, 6.45) is 1.53. The monoisotopic (exact) mass is 502 g/mol. The van der Waals surface area contributed by atoms with E-state index >= 15 is 0 Å². The van der Waals surface area contributed by atoms with E-state index in [0.29, 0.717) is 17.9 Å². The van der Waals surface area contributed by atoms with Crippen molar-refractivity contribution in [1.82, 2.24) is 9.55 Å². The van der Waals surface area contributed by atoms with Crippen molar-refractivity contribution in [3.8, 4) is 0 Å². The normalized spacial score (nSPS) is 41.5. The number of aliphatic hydroxyl groups is 1. The highest BCUT2D eigenvalue weighted by Gasteiger charge is 2.56. The van der Waals surface area contributed by atoms with Gasteiger partial charge in [0.15, 0.2) is 6.23 Å². The number of rotatable bonds is 5. The van der Waals surface area contributed by atoms with Crippen molar-refractivity contribution >= 4 is 28.9 Å². The largest absolute Gasteiger partial charge is 0.386 e. The Morgan fingerprint density at radius 2 is 2.25 bits per heavy atom. The lowest BCUT2D eigenvalue weighted by Gasteiger charge is -2.37. The van der Waals surface area contributed by atoms with Crippen LogP contribution in [0.1, 0.15) is 58.2 Å². The van der Waals surface area contributed by atoms with Gasteiger partial charge in [-0.2, -0.15) is 0 Å². The number of aryl methyl sites for hydroxylation is 1. The van der Waals surface area contributed by atoms with E-state index in [1.54, 1.807) is 18.3 Å². The van der Waals surface area contributed by atoms with Crippen molar-refractivity contribution < 1.29 is 18.9 Å². The Labute approximate surface area is 196 Å². The van der Waals surface area contributed by atoms with Gasteiger partial charge in [0.2, 0.25) is 5.69 Å². The topological polar surface area (TPSA) is 103 Å². The molecule has 1 saturated carbocycles. The molecule has 1 aliphatic carbocycles. The number of nitrogens with zero attached hydrogens (tertiary/aromatic N) is 1. The molecule has 8 atom stereocenters. The van der Waals surface area contributed by atoms with Crippen LogP contribution in [0.5, 0.6) is 0 Å². The smallest absolute Gasteiger partial charge is 0.330 e. The summed E-state index contributed by atoms with van der Waals surface area (Å²) in [6, 6.07) is 0. The Kier molecular flexibility index (Phi) is 6.71. The molecule has 3 heterocycles. The quantitative estimate of drug-likeness (QED) is 0.467. The summed E-state index contributed by atoms with van der Waals surface area (Å²) in [5.41, 5.74) is -2.34. The summed E-state index contributed by atoms with van der Waals surface area (Å²) in [4.78, 5) is 26.3. The lowest BCUT2D eigenvalue weighted by atomic mass is 9.77. The first kappa shape index (κ1) is 24.4. The zero-order valence-corrected chi connectivity index (χ0v) is 21.3. The van der Waals surface area contributed by atoms with Gasteiger partial charge in [0.1, 0.15) is 12.2 Å². The molecule has 0 radical (unpaired) electrons. The number of fused-ring (bicyclic) bond motifs is 1. The maximum absolute atomic E-state index is 12.4. The van der Waals surface area contributed by atoms with Crippen LogP contribution in [0.25, 0.3) is 0 Å². The molecule has 0 bridgehead atoms. The highest BCUT2D eigenvalue weighted by atomic mass is 32.9. The zero-order valence-electron chi connectivity index (χ0n) is 18.8. The average Bonchev–Trinajstić information content (AvgIpc) is 3.16. The molecule has 2 aliphatic heterocycles. The molecule has 32 heavy (non-hydrogen) atoms. The number of aromatic amines is 1. The van der Waals surface area contributed by atoms with Crippen molar-refractivity contribution in [2.24, 2.45) is 5.92 Å². The molecule has 11 heteroatoms. The van der Waals surface area contributed by atoms with Crippen molar-refractivity contribution in [3.63, 3.8) is 0 Å². The number of ether oxygens (including phenoxy) is 1. The summed E-state index contributed by atoms with van der Waals surface area (Å²) < 4.78 is 19.8. The van der Waals surface area contributed by atoms with Crippen LogP contribution in [0.2, 0.25) is 0 Å². The van der Waals surface area contributed by atoms with Gasteiger partial charge in [0.25, 0.3) is 5.56 Å². The van der Waals surface area contributed by atoms with Gasteiger partial charge >= 0.3 is 5.69 Å². The Bertz CT molecular complexity index is 1070. The zero-order chi connectivity index (χ0) is 23.4. The number of hydrogen-bond donors (Lipinski definition) is 2. The SMILES string of the molecule is C=C(C)[C@H]1CC[C@@]2(C)S[P@](=S)(O[C@H]3[C@@H](O)[C@H](n4cc(C)c(=O)[nH]c4=O)O[C@@H]3CC)O[C@@H]2C1. The Morgan fingerprint density at radius 1 is 1.53 bits per heavy atom. The van der Waals surface area contributed by atoms with Crippen LogP contribution in [-0.4, -0.2) is 43.8 Å². The molecule has 0 unspecified atom stereocenters. The molecular weight excluding hydrogens is 471 g/mol. The molecule has 2 saturated heterocycles. The first-order chi connectivity index (χ1) is 15.0. The van der Waals surface area contributed by atoms with Crippen molar-refractivity contribution in [1.29, 1.82) is 0 Å². The number of aliphatic hydroxyl groups excluding tert-OH is 1. The van der Waals surface area contributed by atoms with Crippen molar-refractivity contribution in [2.45, 2.75) is 88.8 Å². The van der Waals surface area contributed by atoms with E-state index in [-0.39, 0.29) is 10.9 Å². The van der Waals surface area contributed by atoms with E-state index in [2.05, 4.69) is 25.4 Å². The van der Waals surface area contributed by atoms with Gasteiger partial charge < -0.3 is 18.9 Å². The molecule has 4 rings (SSSR count). The fourth-order valence-electron chi connectivity index (χ4n) is 4.77. The van der Waals surface area contributed by atoms with Gasteiger partial charge in [-0.05, 0) is 64.2 Å². The number of allylic oxidation sites excluding steroid dienone is 1. The highest BCUT2D eigenvalue weighted by Crippen LogP contribution is 2.76. The predicted octanol–water partition coefficient (Wildman–Crippen LogP) is 3.39. The molecule has 1 aromatic heterocycles. The van der Waals surface area contributed by atoms with Crippen LogP contribution >= 0.6 is 17.1 Å². The molecule has 3 fully saturated rings. The molecule has 8 nitrogen and oxygen atoms in total. The van der Waals surface area contributed by atoms with Gasteiger partial charge in [-0.3, -0.25) is 14.3 Å². The molecule has 2 N–H and O–H groups in total. The minimum absolute atomic E-state index is 0.0198. The maximum atomic E-state index is 12.4. The Morgan fingerprint density at radius 3 is 2.91 bits per heavy atom. The second-order valence-corrected chi connectivity index (χ2v) is 15.8. The van der Waals surface area contributed by atoms with E-state index in [1.807, 2.05) is 6.92 Å². The summed E-state index contributed by atoms with van der Waals surface area (Å²) in [7, 11) is 0. The first-order valence-electron chi connectivity index (χ1n) is 10.9. The van der Waals surface area contributed by atoms with Crippen LogP contribution in [0.15, 0.2) is 27.9 Å². The second-order valence-electron chi connectivity index (χ2n) is 9.28. The van der Waals surface area contributed by atoms with Crippen LogP contribution in [0, 0.1) is 12.8 Å². The van der Waals surface area contributed by atoms with Crippen LogP contribution in [0.3, 0.4) is 0 Å². The van der Waals surface area contributed by atoms with E-state index < -0.39 is 41.5 Å². The summed E-state index contributed by atoms with van der Waals surface area (Å²) >= 11 is 7.48. The molecular formula is C21H31N2O6PS2. The van der Waals surface area contributed by atoms with E-state index in [1.165, 1.54) is 10.8 Å². The molecule has 1 aromatic rings. The van der Waals surface area contributed by atoms with Crippen LogP contribution < -0.4 is 11.2 Å². The third-order valence-electron chi connectivity index (χ3n) is 6.83. The van der Waals surface area contributed by atoms with E-state index in [0.717, 1.165) is 24.8 Å². The number of H-pyrrole nitrogens is 1. The molecule has 178 valence electrons. The lowest BCUT2D eigenvalue weighted by Crippen LogP contribution is -2.39. The average molecular weight is 503 g/mol. The molecule has 3 aliphatic rings. The van der Waals surface area contributed by atoms with E-state index in [9.17, 15) is 14.7 Å². The second kappa shape index (κ2) is 8.80. The first-order valence-corrected chi connectivity index (χ1v) is 15.0. The number of nitrogens with one attached hydrogen (secondary N) is 1. The van der Waals surface area contributed by atoms with Crippen molar-refractivity contribution in [2.75, 3.05) is 0 Å². The van der Waals surface area contributed by atoms with Crippen LogP contribution in [0.4, 0.5) is 0 Å². The minimum atomic E-state index is -2.75. The van der Waals surface area contributed by atoms with Gasteiger partial charge in [0, 0.05) is 16.5 Å². The van der Waals surface area contributed by atoms with Gasteiger partial charge in [0.05, 0.1) is 12.2 Å². The summed E-state index contributed by atoms with van der Waals surface area (Å²) in [5, 5.41) is 11.1. The fraction of sp³-hybridized carbons (Fsp3) is 0.714. The summed E-state index contributed by atoms with van der Waals surface area (Å²) in [5.74, 6) is 0.416. The maximum Gasteiger partial charge on any atom is 0.330 e. The molecule has 0 aromatic carbocycles. The third kappa shape index (κ3) is 4.35. The van der Waals surface area contributed by atoms with Gasteiger partial charge in [-0.25, -0.2) is 4.79 Å². The highest BCUT2D eigenvalue weighted by molar-refractivity contribution is 8.68. The van der Waals surface area contributed by atoms with E-state index in [4.69, 9.17) is 25.6 Å². The lowest BCUT2D eigenvalue weighted by molar-refractivity contribution is -0.0405. The van der Waals surface area contributed by atoms with Crippen LogP contribution in [-0.2, 0) is 25.6 Å². The Hall–Kier alpha value is -0.740. The standard InChI is InChI=1S/C21H31N2O6PS2/c1-6-14-17(16(24)19(27-14)23-10-12(4)18(25)22-20(23)26)29-30(31)28-15-9-13(11(2)3)7-8-21(15,5)32-30/h10,13-17,19,24H,2,6-9H2,1,3-5H3,(H,22,25,26)/t13-,14+,15+,16+,17+,19+,21+,30-/m0/s1. The molecule has 0 spiro atoms. The number of hydrogen-bond acceptors (Lipinski definition) is 8.